The van der Waals surface area contributed by atoms with Crippen molar-refractivity contribution in [2.45, 2.75) is 40.0 Å². The lowest BCUT2D eigenvalue weighted by Crippen LogP contribution is -1.98. The van der Waals surface area contributed by atoms with Gasteiger partial charge in [0.15, 0.2) is 0 Å². The summed E-state index contributed by atoms with van der Waals surface area (Å²) in [4.78, 5) is 0. The van der Waals surface area contributed by atoms with Crippen molar-refractivity contribution in [3.8, 4) is 0 Å². The number of rotatable bonds is 2. The van der Waals surface area contributed by atoms with Gasteiger partial charge in [-0.3, -0.25) is 0 Å². The summed E-state index contributed by atoms with van der Waals surface area (Å²) in [7, 11) is 0. The van der Waals surface area contributed by atoms with Crippen molar-refractivity contribution in [3.05, 3.63) is 33.3 Å². The first kappa shape index (κ1) is 10.8. The van der Waals surface area contributed by atoms with Crippen molar-refractivity contribution in [1.82, 2.24) is 0 Å². The third kappa shape index (κ3) is 2.14. The quantitative estimate of drug-likeness (QED) is 0.719. The van der Waals surface area contributed by atoms with Crippen LogP contribution in [0, 0.1) is 19.9 Å². The third-order valence-electron chi connectivity index (χ3n) is 2.60. The van der Waals surface area contributed by atoms with Crippen LogP contribution in [-0.4, -0.2) is 0 Å². The maximum atomic E-state index is 3.65. The van der Waals surface area contributed by atoms with Gasteiger partial charge in [0, 0.05) is 4.47 Å². The molecule has 0 bridgehead atoms. The van der Waals surface area contributed by atoms with Gasteiger partial charge in [0.2, 0.25) is 0 Å². The van der Waals surface area contributed by atoms with Crippen LogP contribution in [0.4, 0.5) is 0 Å². The van der Waals surface area contributed by atoms with Crippen molar-refractivity contribution < 1.29 is 0 Å². The van der Waals surface area contributed by atoms with E-state index in [9.17, 15) is 0 Å². The number of hydrogen-bond donors (Lipinski definition) is 0. The molecule has 1 atom stereocenters. The Morgan fingerprint density at radius 1 is 1.46 bits per heavy atom. The second-order valence-corrected chi connectivity index (χ2v) is 4.43. The number of benzene rings is 1. The van der Waals surface area contributed by atoms with Crippen LogP contribution in [0.15, 0.2) is 10.5 Å². The lowest BCUT2D eigenvalue weighted by atomic mass is 9.93. The third-order valence-corrected chi connectivity index (χ3v) is 3.65. The van der Waals surface area contributed by atoms with Gasteiger partial charge in [0.05, 0.1) is 0 Å². The first-order valence-electron chi connectivity index (χ1n) is 4.75. The molecule has 0 amide bonds. The largest absolute Gasteiger partial charge is 0.0648 e. The predicted octanol–water partition coefficient (Wildman–Crippen LogP) is 4.38. The number of hydrogen-bond acceptors (Lipinski definition) is 0. The molecule has 0 spiro atoms. The molecule has 0 saturated heterocycles. The zero-order chi connectivity index (χ0) is 10.0. The van der Waals surface area contributed by atoms with Gasteiger partial charge in [-0.25, -0.2) is 0 Å². The van der Waals surface area contributed by atoms with Gasteiger partial charge in [0.1, 0.15) is 0 Å². The fourth-order valence-corrected chi connectivity index (χ4v) is 2.33. The Bertz CT molecular complexity index is 302. The topological polar surface area (TPSA) is 0 Å². The van der Waals surface area contributed by atoms with E-state index in [0.29, 0.717) is 5.92 Å². The lowest BCUT2D eigenvalue weighted by molar-refractivity contribution is 0.723. The predicted molar refractivity (Wildman–Crippen MR) is 61.2 cm³/mol. The summed E-state index contributed by atoms with van der Waals surface area (Å²) in [5.41, 5.74) is 3.97. The van der Waals surface area contributed by atoms with Gasteiger partial charge in [-0.2, -0.15) is 0 Å². The molecule has 1 aromatic rings. The van der Waals surface area contributed by atoms with E-state index in [-0.39, 0.29) is 0 Å². The van der Waals surface area contributed by atoms with E-state index in [0.717, 1.165) is 0 Å². The summed E-state index contributed by atoms with van der Waals surface area (Å²) in [6.07, 6.45) is 1.18. The Labute approximate surface area is 89.5 Å². The van der Waals surface area contributed by atoms with Crippen molar-refractivity contribution in [2.75, 3.05) is 0 Å². The number of aryl methyl sites for hydroxylation is 2. The molecule has 71 valence electrons. The zero-order valence-electron chi connectivity index (χ0n) is 8.74. The highest BCUT2D eigenvalue weighted by atomic mass is 79.9. The van der Waals surface area contributed by atoms with Crippen LogP contribution in [-0.2, 0) is 0 Å². The summed E-state index contributed by atoms with van der Waals surface area (Å²) in [5.74, 6) is 0.616. The monoisotopic (exact) mass is 239 g/mol. The maximum Gasteiger partial charge on any atom is 0.0242 e. The lowest BCUT2D eigenvalue weighted by Gasteiger charge is -2.16. The Balaban J connectivity index is 3.25. The first-order chi connectivity index (χ1) is 6.07. The van der Waals surface area contributed by atoms with Crippen LogP contribution in [0.25, 0.3) is 0 Å². The molecular formula is C12H16Br. The van der Waals surface area contributed by atoms with Crippen molar-refractivity contribution in [2.24, 2.45) is 0 Å². The van der Waals surface area contributed by atoms with E-state index in [1.807, 2.05) is 6.07 Å². The van der Waals surface area contributed by atoms with Gasteiger partial charge in [0.25, 0.3) is 0 Å². The van der Waals surface area contributed by atoms with E-state index < -0.39 is 0 Å². The van der Waals surface area contributed by atoms with Crippen LogP contribution in [0.2, 0.25) is 0 Å². The summed E-state index contributed by atoms with van der Waals surface area (Å²) in [6, 6.07) is 5.34. The van der Waals surface area contributed by atoms with E-state index in [1.54, 1.807) is 0 Å². The van der Waals surface area contributed by atoms with E-state index in [1.165, 1.54) is 27.6 Å². The molecule has 0 N–H and O–H groups in total. The first-order valence-corrected chi connectivity index (χ1v) is 5.54. The van der Waals surface area contributed by atoms with Crippen molar-refractivity contribution >= 4 is 15.9 Å². The van der Waals surface area contributed by atoms with Crippen LogP contribution < -0.4 is 0 Å². The van der Waals surface area contributed by atoms with Crippen LogP contribution >= 0.6 is 15.9 Å². The molecular weight excluding hydrogens is 224 g/mol. The maximum absolute atomic E-state index is 3.65. The SMILES string of the molecule is CCC(C)c1c(C)[c]cc(C)c1Br. The molecule has 1 rings (SSSR count). The Morgan fingerprint density at radius 3 is 2.62 bits per heavy atom. The van der Waals surface area contributed by atoms with Gasteiger partial charge in [-0.1, -0.05) is 35.8 Å². The highest BCUT2D eigenvalue weighted by molar-refractivity contribution is 9.10. The molecule has 0 nitrogen and oxygen atoms in total. The molecule has 1 radical (unpaired) electrons. The van der Waals surface area contributed by atoms with E-state index in [2.05, 4.69) is 49.7 Å². The molecule has 0 aliphatic rings. The van der Waals surface area contributed by atoms with Gasteiger partial charge in [-0.15, -0.1) is 0 Å². The molecule has 0 fully saturated rings. The van der Waals surface area contributed by atoms with E-state index >= 15 is 0 Å². The van der Waals surface area contributed by atoms with Crippen LogP contribution in [0.3, 0.4) is 0 Å². The summed E-state index contributed by atoms with van der Waals surface area (Å²) >= 11 is 3.65. The highest BCUT2D eigenvalue weighted by Gasteiger charge is 2.11. The molecule has 1 heteroatoms. The summed E-state index contributed by atoms with van der Waals surface area (Å²) < 4.78 is 1.26. The molecule has 0 saturated carbocycles. The van der Waals surface area contributed by atoms with Gasteiger partial charge in [-0.05, 0) is 48.9 Å². The summed E-state index contributed by atoms with van der Waals surface area (Å²) in [5, 5.41) is 0. The smallest absolute Gasteiger partial charge is 0.0242 e. The minimum Gasteiger partial charge on any atom is -0.0648 e. The standard InChI is InChI=1S/C12H16Br/c1-5-8(2)11-9(3)6-7-10(4)12(11)13/h7-8H,5H2,1-4H3. The fraction of sp³-hybridized carbons (Fsp3) is 0.500. The molecule has 0 heterocycles. The molecule has 0 aromatic heterocycles. The molecule has 13 heavy (non-hydrogen) atoms. The minimum absolute atomic E-state index is 0.616. The fourth-order valence-electron chi connectivity index (χ4n) is 1.52. The van der Waals surface area contributed by atoms with Crippen molar-refractivity contribution in [1.29, 1.82) is 0 Å². The Hall–Kier alpha value is -0.300. The Kier molecular flexibility index (Phi) is 3.55. The minimum atomic E-state index is 0.616. The van der Waals surface area contributed by atoms with Gasteiger partial charge >= 0.3 is 0 Å². The molecule has 1 aromatic carbocycles. The molecule has 1 unspecified atom stereocenters. The number of halogens is 1. The van der Waals surface area contributed by atoms with Crippen molar-refractivity contribution in [3.63, 3.8) is 0 Å². The highest BCUT2D eigenvalue weighted by Crippen LogP contribution is 2.31. The Morgan fingerprint density at radius 2 is 2.08 bits per heavy atom. The van der Waals surface area contributed by atoms with Gasteiger partial charge < -0.3 is 0 Å². The molecule has 0 aliphatic carbocycles. The normalized spacial score (nSPS) is 13.0. The second-order valence-electron chi connectivity index (χ2n) is 3.63. The van der Waals surface area contributed by atoms with Crippen LogP contribution in [0.5, 0.6) is 0 Å². The van der Waals surface area contributed by atoms with E-state index in [4.69, 9.17) is 0 Å². The zero-order valence-corrected chi connectivity index (χ0v) is 10.3. The second kappa shape index (κ2) is 4.28. The summed E-state index contributed by atoms with van der Waals surface area (Å²) in [6.45, 7) is 8.73. The molecule has 0 aliphatic heterocycles. The average Bonchev–Trinajstić information content (AvgIpc) is 2.12. The van der Waals surface area contributed by atoms with Crippen LogP contribution in [0.1, 0.15) is 42.9 Å². The average molecular weight is 240 g/mol.